The number of ether oxygens (including phenoxy) is 1. The predicted molar refractivity (Wildman–Crippen MR) is 122 cm³/mol. The van der Waals surface area contributed by atoms with Crippen molar-refractivity contribution in [1.29, 1.82) is 0 Å². The zero-order valence-corrected chi connectivity index (χ0v) is 18.2. The first-order valence-electron chi connectivity index (χ1n) is 10.0. The van der Waals surface area contributed by atoms with E-state index < -0.39 is 25.5 Å². The quantitative estimate of drug-likeness (QED) is 0.454. The van der Waals surface area contributed by atoms with E-state index >= 15 is 0 Å². The van der Waals surface area contributed by atoms with Crippen LogP contribution in [-0.4, -0.2) is 29.8 Å². The van der Waals surface area contributed by atoms with Gasteiger partial charge in [-0.2, -0.15) is 0 Å². The molecule has 0 fully saturated rings. The van der Waals surface area contributed by atoms with E-state index in [4.69, 9.17) is 9.26 Å². The van der Waals surface area contributed by atoms with Crippen molar-refractivity contribution in [3.63, 3.8) is 0 Å². The molecule has 3 aromatic carbocycles. The molecular formula is C24H24NO6P. The van der Waals surface area contributed by atoms with E-state index in [-0.39, 0.29) is 19.6 Å². The minimum atomic E-state index is -3.43. The fourth-order valence-corrected chi connectivity index (χ4v) is 5.10. The Morgan fingerprint density at radius 2 is 1.34 bits per heavy atom. The topological polar surface area (TPSA) is 102 Å². The Balaban J connectivity index is 1.62. The molecule has 8 heteroatoms. The number of rotatable bonds is 10. The minimum absolute atomic E-state index is 0.0206. The normalized spacial score (nSPS) is 12.0. The summed E-state index contributed by atoms with van der Waals surface area (Å²) in [5, 5.41) is 12.8. The summed E-state index contributed by atoms with van der Waals surface area (Å²) in [4.78, 5) is 23.7. The first-order chi connectivity index (χ1) is 15.5. The molecule has 3 rings (SSSR count). The Hall–Kier alpha value is -3.41. The average molecular weight is 453 g/mol. The monoisotopic (exact) mass is 453 g/mol. The van der Waals surface area contributed by atoms with Gasteiger partial charge in [0.05, 0.1) is 6.61 Å². The summed E-state index contributed by atoms with van der Waals surface area (Å²) in [6.45, 7) is -0.121. The lowest BCUT2D eigenvalue weighted by Gasteiger charge is -2.21. The molecule has 0 bridgehead atoms. The molecule has 0 radical (unpaired) electrons. The molecule has 0 aromatic heterocycles. The number of alkyl carbamates (subject to hydrolysis) is 1. The van der Waals surface area contributed by atoms with Crippen LogP contribution in [-0.2, 0) is 25.2 Å². The number of nitrogens with one attached hydrogen (secondary N) is 1. The van der Waals surface area contributed by atoms with Gasteiger partial charge in [-0.15, -0.1) is 0 Å². The van der Waals surface area contributed by atoms with E-state index in [1.165, 1.54) is 0 Å². The van der Waals surface area contributed by atoms with Crippen LogP contribution >= 0.6 is 7.37 Å². The Kier molecular flexibility index (Phi) is 8.20. The number of amides is 1. The van der Waals surface area contributed by atoms with Gasteiger partial charge in [-0.25, -0.2) is 9.59 Å². The summed E-state index contributed by atoms with van der Waals surface area (Å²) in [6, 6.07) is 25.3. The SMILES string of the molecule is O=C(NC(CCOP(=O)(c1ccccc1)c1ccccc1)C(=O)O)OCc1ccccc1. The molecule has 1 unspecified atom stereocenters. The van der Waals surface area contributed by atoms with E-state index in [1.807, 2.05) is 30.3 Å². The molecule has 0 spiro atoms. The van der Waals surface area contributed by atoms with Crippen molar-refractivity contribution in [1.82, 2.24) is 5.32 Å². The summed E-state index contributed by atoms with van der Waals surface area (Å²) in [7, 11) is -3.43. The van der Waals surface area contributed by atoms with Gasteiger partial charge < -0.3 is 19.7 Å². The van der Waals surface area contributed by atoms with Crippen LogP contribution in [0.3, 0.4) is 0 Å². The summed E-state index contributed by atoms with van der Waals surface area (Å²) in [5.74, 6) is -1.24. The van der Waals surface area contributed by atoms with Crippen molar-refractivity contribution < 1.29 is 28.5 Å². The van der Waals surface area contributed by atoms with E-state index in [0.717, 1.165) is 5.56 Å². The Morgan fingerprint density at radius 1 is 0.844 bits per heavy atom. The van der Waals surface area contributed by atoms with Gasteiger partial charge in [0.1, 0.15) is 12.6 Å². The second-order valence-electron chi connectivity index (χ2n) is 6.94. The highest BCUT2D eigenvalue weighted by Gasteiger charge is 2.29. The molecule has 1 atom stereocenters. The maximum absolute atomic E-state index is 13.8. The Morgan fingerprint density at radius 3 is 1.84 bits per heavy atom. The van der Waals surface area contributed by atoms with Crippen molar-refractivity contribution in [3.05, 3.63) is 96.6 Å². The standard InChI is InChI=1S/C24H24NO6P/c26-23(27)22(25-24(28)30-18-19-10-4-1-5-11-19)16-17-31-32(29,20-12-6-2-7-13-20)21-14-8-3-9-15-21/h1-15,22H,16-18H2,(H,25,28)(H,26,27). The number of carboxylic acids is 1. The third-order valence-electron chi connectivity index (χ3n) is 4.67. The van der Waals surface area contributed by atoms with Crippen molar-refractivity contribution in [2.75, 3.05) is 6.61 Å². The van der Waals surface area contributed by atoms with Gasteiger partial charge in [0.25, 0.3) is 7.37 Å². The van der Waals surface area contributed by atoms with Gasteiger partial charge in [-0.1, -0.05) is 66.7 Å². The minimum Gasteiger partial charge on any atom is -0.480 e. The van der Waals surface area contributed by atoms with Gasteiger partial charge >= 0.3 is 12.1 Å². The number of hydrogen-bond donors (Lipinski definition) is 2. The molecule has 0 aliphatic carbocycles. The van der Waals surface area contributed by atoms with Gasteiger partial charge in [0, 0.05) is 17.0 Å². The second-order valence-corrected chi connectivity index (χ2v) is 9.34. The van der Waals surface area contributed by atoms with Crippen LogP contribution < -0.4 is 15.9 Å². The maximum atomic E-state index is 13.8. The first-order valence-corrected chi connectivity index (χ1v) is 11.7. The highest BCUT2D eigenvalue weighted by atomic mass is 31.2. The van der Waals surface area contributed by atoms with E-state index in [9.17, 15) is 19.3 Å². The zero-order valence-electron chi connectivity index (χ0n) is 17.3. The number of carboxylic acid groups (broad SMARTS) is 1. The van der Waals surface area contributed by atoms with Crippen LogP contribution in [0, 0.1) is 0 Å². The molecule has 0 heterocycles. The lowest BCUT2D eigenvalue weighted by Crippen LogP contribution is -2.41. The fourth-order valence-electron chi connectivity index (χ4n) is 3.01. The van der Waals surface area contributed by atoms with E-state index in [1.54, 1.807) is 60.7 Å². The Bertz CT molecular complexity index is 1020. The van der Waals surface area contributed by atoms with Gasteiger partial charge in [-0.3, -0.25) is 4.57 Å². The van der Waals surface area contributed by atoms with Crippen LogP contribution in [0.2, 0.25) is 0 Å². The summed E-state index contributed by atoms with van der Waals surface area (Å²) in [6.07, 6.45) is -0.935. The molecule has 3 aromatic rings. The van der Waals surface area contributed by atoms with Gasteiger partial charge in [-0.05, 0) is 29.8 Å². The van der Waals surface area contributed by atoms with Gasteiger partial charge in [0.2, 0.25) is 0 Å². The Labute approximate surface area is 186 Å². The van der Waals surface area contributed by atoms with Crippen molar-refractivity contribution in [2.24, 2.45) is 0 Å². The molecule has 0 saturated heterocycles. The smallest absolute Gasteiger partial charge is 0.408 e. The number of hydrogen-bond acceptors (Lipinski definition) is 5. The van der Waals surface area contributed by atoms with E-state index in [0.29, 0.717) is 10.6 Å². The molecule has 7 nitrogen and oxygen atoms in total. The number of carbonyl (C=O) groups is 2. The molecule has 32 heavy (non-hydrogen) atoms. The van der Waals surface area contributed by atoms with Crippen LogP contribution in [0.25, 0.3) is 0 Å². The van der Waals surface area contributed by atoms with Crippen molar-refractivity contribution >= 4 is 30.0 Å². The number of benzene rings is 3. The average Bonchev–Trinajstić information content (AvgIpc) is 2.83. The van der Waals surface area contributed by atoms with E-state index in [2.05, 4.69) is 5.32 Å². The largest absolute Gasteiger partial charge is 0.480 e. The molecule has 0 aliphatic rings. The summed E-state index contributed by atoms with van der Waals surface area (Å²) < 4.78 is 24.6. The molecule has 0 aliphatic heterocycles. The molecule has 1 amide bonds. The number of aliphatic carboxylic acids is 1. The van der Waals surface area contributed by atoms with Crippen molar-refractivity contribution in [2.45, 2.75) is 19.1 Å². The summed E-state index contributed by atoms with van der Waals surface area (Å²) >= 11 is 0. The van der Waals surface area contributed by atoms with Crippen LogP contribution in [0.15, 0.2) is 91.0 Å². The fraction of sp³-hybridized carbons (Fsp3) is 0.167. The van der Waals surface area contributed by atoms with Crippen LogP contribution in [0.1, 0.15) is 12.0 Å². The third-order valence-corrected chi connectivity index (χ3v) is 7.18. The van der Waals surface area contributed by atoms with Gasteiger partial charge in [0.15, 0.2) is 0 Å². The molecule has 166 valence electrons. The third kappa shape index (κ3) is 6.30. The predicted octanol–water partition coefficient (Wildman–Crippen LogP) is 3.70. The molecular weight excluding hydrogens is 429 g/mol. The molecule has 0 saturated carbocycles. The van der Waals surface area contributed by atoms with Crippen molar-refractivity contribution in [3.8, 4) is 0 Å². The number of carbonyl (C=O) groups excluding carboxylic acids is 1. The highest BCUT2D eigenvalue weighted by molar-refractivity contribution is 7.74. The van der Waals surface area contributed by atoms with Crippen LogP contribution in [0.4, 0.5) is 4.79 Å². The first kappa shape index (κ1) is 23.3. The zero-order chi connectivity index (χ0) is 22.8. The lowest BCUT2D eigenvalue weighted by atomic mass is 10.2. The highest BCUT2D eigenvalue weighted by Crippen LogP contribution is 2.44. The summed E-state index contributed by atoms with van der Waals surface area (Å²) in [5.41, 5.74) is 0.782. The van der Waals surface area contributed by atoms with Crippen LogP contribution in [0.5, 0.6) is 0 Å². The lowest BCUT2D eigenvalue weighted by molar-refractivity contribution is -0.139. The second kappa shape index (κ2) is 11.3. The maximum Gasteiger partial charge on any atom is 0.408 e. The molecule has 2 N–H and O–H groups in total.